The van der Waals surface area contributed by atoms with E-state index >= 15 is 0 Å². The van der Waals surface area contributed by atoms with Gasteiger partial charge in [0, 0.05) is 30.3 Å². The van der Waals surface area contributed by atoms with Crippen molar-refractivity contribution in [3.8, 4) is 0 Å². The van der Waals surface area contributed by atoms with Crippen molar-refractivity contribution in [1.29, 1.82) is 0 Å². The SMILES string of the molecule is COCCNCc1cc(C)ccc1SC(C)C(C)O. The lowest BCUT2D eigenvalue weighted by atomic mass is 10.1. The Bertz CT molecular complexity index is 382. The number of ether oxygens (including phenoxy) is 1. The smallest absolute Gasteiger partial charge is 0.0631 e. The Balaban J connectivity index is 2.68. The van der Waals surface area contributed by atoms with E-state index in [9.17, 15) is 5.11 Å². The van der Waals surface area contributed by atoms with Gasteiger partial charge in [-0.2, -0.15) is 0 Å². The molecule has 2 atom stereocenters. The molecule has 4 heteroatoms. The van der Waals surface area contributed by atoms with Crippen LogP contribution in [0, 0.1) is 6.92 Å². The molecule has 0 aliphatic carbocycles. The zero-order valence-electron chi connectivity index (χ0n) is 12.3. The first-order chi connectivity index (χ1) is 9.04. The lowest BCUT2D eigenvalue weighted by Crippen LogP contribution is -2.20. The summed E-state index contributed by atoms with van der Waals surface area (Å²) >= 11 is 1.73. The first-order valence-corrected chi connectivity index (χ1v) is 7.56. The minimum atomic E-state index is -0.305. The van der Waals surface area contributed by atoms with E-state index in [4.69, 9.17) is 4.74 Å². The summed E-state index contributed by atoms with van der Waals surface area (Å²) < 4.78 is 5.03. The van der Waals surface area contributed by atoms with Gasteiger partial charge in [0.05, 0.1) is 12.7 Å². The number of aliphatic hydroxyl groups excluding tert-OH is 1. The number of aliphatic hydroxyl groups is 1. The molecular weight excluding hydrogens is 258 g/mol. The molecule has 3 nitrogen and oxygen atoms in total. The fourth-order valence-electron chi connectivity index (χ4n) is 1.66. The summed E-state index contributed by atoms with van der Waals surface area (Å²) in [5.74, 6) is 0. The second kappa shape index (κ2) is 8.59. The average Bonchev–Trinajstić information content (AvgIpc) is 2.37. The molecule has 0 bridgehead atoms. The summed E-state index contributed by atoms with van der Waals surface area (Å²) in [7, 11) is 1.71. The van der Waals surface area contributed by atoms with Crippen molar-refractivity contribution in [1.82, 2.24) is 5.32 Å². The molecule has 1 aromatic rings. The molecule has 0 aliphatic rings. The second-order valence-corrected chi connectivity index (χ2v) is 6.26. The Morgan fingerprint density at radius 2 is 2.11 bits per heavy atom. The van der Waals surface area contributed by atoms with Crippen molar-refractivity contribution in [2.75, 3.05) is 20.3 Å². The van der Waals surface area contributed by atoms with Crippen LogP contribution < -0.4 is 5.32 Å². The van der Waals surface area contributed by atoms with Crippen molar-refractivity contribution in [3.63, 3.8) is 0 Å². The van der Waals surface area contributed by atoms with Crippen LogP contribution in [0.25, 0.3) is 0 Å². The molecule has 108 valence electrons. The Hall–Kier alpha value is -0.550. The maximum absolute atomic E-state index is 9.62. The minimum Gasteiger partial charge on any atom is -0.392 e. The highest BCUT2D eigenvalue weighted by Gasteiger charge is 2.13. The summed E-state index contributed by atoms with van der Waals surface area (Å²) in [6, 6.07) is 6.47. The van der Waals surface area contributed by atoms with Crippen LogP contribution in [0.5, 0.6) is 0 Å². The van der Waals surface area contributed by atoms with Gasteiger partial charge in [-0.05, 0) is 25.5 Å². The molecule has 19 heavy (non-hydrogen) atoms. The average molecular weight is 283 g/mol. The number of rotatable bonds is 8. The van der Waals surface area contributed by atoms with Gasteiger partial charge >= 0.3 is 0 Å². The number of nitrogens with one attached hydrogen (secondary N) is 1. The maximum atomic E-state index is 9.62. The van der Waals surface area contributed by atoms with Gasteiger partial charge in [0.15, 0.2) is 0 Å². The van der Waals surface area contributed by atoms with E-state index in [-0.39, 0.29) is 11.4 Å². The van der Waals surface area contributed by atoms with Crippen LogP contribution in [0.15, 0.2) is 23.1 Å². The Kier molecular flexibility index (Phi) is 7.46. The highest BCUT2D eigenvalue weighted by molar-refractivity contribution is 8.00. The van der Waals surface area contributed by atoms with Crippen molar-refractivity contribution in [2.45, 2.75) is 43.6 Å². The first-order valence-electron chi connectivity index (χ1n) is 6.68. The van der Waals surface area contributed by atoms with Gasteiger partial charge in [0.1, 0.15) is 0 Å². The van der Waals surface area contributed by atoms with E-state index in [0.717, 1.165) is 19.7 Å². The molecule has 1 rings (SSSR count). The van der Waals surface area contributed by atoms with Crippen LogP contribution in [0.1, 0.15) is 25.0 Å². The Morgan fingerprint density at radius 1 is 1.37 bits per heavy atom. The number of hydrogen-bond donors (Lipinski definition) is 2. The molecule has 0 aliphatic heterocycles. The maximum Gasteiger partial charge on any atom is 0.0631 e. The van der Waals surface area contributed by atoms with Gasteiger partial charge in [0.2, 0.25) is 0 Å². The van der Waals surface area contributed by atoms with Crippen LogP contribution in [0.2, 0.25) is 0 Å². The predicted molar refractivity (Wildman–Crippen MR) is 81.8 cm³/mol. The van der Waals surface area contributed by atoms with Crippen molar-refractivity contribution < 1.29 is 9.84 Å². The first kappa shape index (κ1) is 16.5. The molecule has 1 aromatic carbocycles. The van der Waals surface area contributed by atoms with Crippen LogP contribution in [0.4, 0.5) is 0 Å². The van der Waals surface area contributed by atoms with E-state index in [1.807, 2.05) is 6.92 Å². The van der Waals surface area contributed by atoms with E-state index in [2.05, 4.69) is 37.4 Å². The normalized spacial score (nSPS) is 14.4. The summed E-state index contributed by atoms with van der Waals surface area (Å²) in [5, 5.41) is 13.2. The molecule has 0 saturated carbocycles. The largest absolute Gasteiger partial charge is 0.392 e. The molecular formula is C15H25NO2S. The number of benzene rings is 1. The number of aryl methyl sites for hydroxylation is 1. The van der Waals surface area contributed by atoms with Gasteiger partial charge < -0.3 is 15.2 Å². The van der Waals surface area contributed by atoms with Crippen LogP contribution >= 0.6 is 11.8 Å². The van der Waals surface area contributed by atoms with E-state index in [1.165, 1.54) is 16.0 Å². The molecule has 2 N–H and O–H groups in total. The Labute approximate surface area is 120 Å². The van der Waals surface area contributed by atoms with Crippen LogP contribution in [0.3, 0.4) is 0 Å². The predicted octanol–water partition coefficient (Wildman–Crippen LogP) is 2.59. The molecule has 0 spiro atoms. The second-order valence-electron chi connectivity index (χ2n) is 4.84. The summed E-state index contributed by atoms with van der Waals surface area (Å²) in [6.45, 7) is 8.39. The fraction of sp³-hybridized carbons (Fsp3) is 0.600. The molecule has 0 radical (unpaired) electrons. The van der Waals surface area contributed by atoms with E-state index < -0.39 is 0 Å². The van der Waals surface area contributed by atoms with Gasteiger partial charge in [-0.25, -0.2) is 0 Å². The fourth-order valence-corrected chi connectivity index (χ4v) is 2.68. The number of thioether (sulfide) groups is 1. The van der Waals surface area contributed by atoms with Crippen LogP contribution in [-0.4, -0.2) is 36.7 Å². The highest BCUT2D eigenvalue weighted by Crippen LogP contribution is 2.29. The quantitative estimate of drug-likeness (QED) is 0.568. The minimum absolute atomic E-state index is 0.195. The molecule has 0 amide bonds. The highest BCUT2D eigenvalue weighted by atomic mass is 32.2. The van der Waals surface area contributed by atoms with Gasteiger partial charge in [0.25, 0.3) is 0 Å². The van der Waals surface area contributed by atoms with Crippen molar-refractivity contribution in [3.05, 3.63) is 29.3 Å². The Morgan fingerprint density at radius 3 is 2.74 bits per heavy atom. The molecule has 0 aromatic heterocycles. The van der Waals surface area contributed by atoms with Gasteiger partial charge in [-0.3, -0.25) is 0 Å². The third-order valence-electron chi connectivity index (χ3n) is 3.01. The monoisotopic (exact) mass is 283 g/mol. The third kappa shape index (κ3) is 5.95. The lowest BCUT2D eigenvalue weighted by Gasteiger charge is -2.17. The van der Waals surface area contributed by atoms with E-state index in [0.29, 0.717) is 0 Å². The molecule has 0 fully saturated rings. The zero-order valence-corrected chi connectivity index (χ0v) is 13.1. The summed E-state index contributed by atoms with van der Waals surface area (Å²) in [6.07, 6.45) is -0.305. The van der Waals surface area contributed by atoms with Crippen molar-refractivity contribution >= 4 is 11.8 Å². The zero-order chi connectivity index (χ0) is 14.3. The molecule has 2 unspecified atom stereocenters. The summed E-state index contributed by atoms with van der Waals surface area (Å²) in [4.78, 5) is 1.24. The number of methoxy groups -OCH3 is 1. The topological polar surface area (TPSA) is 41.5 Å². The van der Waals surface area contributed by atoms with Crippen LogP contribution in [-0.2, 0) is 11.3 Å². The van der Waals surface area contributed by atoms with Gasteiger partial charge in [-0.15, -0.1) is 11.8 Å². The van der Waals surface area contributed by atoms with Crippen molar-refractivity contribution in [2.24, 2.45) is 0 Å². The standard InChI is InChI=1S/C15H25NO2S/c1-11-5-6-15(19-13(3)12(2)17)14(9-11)10-16-7-8-18-4/h5-6,9,12-13,16-17H,7-8,10H2,1-4H3. The number of hydrogen-bond acceptors (Lipinski definition) is 4. The molecule has 0 saturated heterocycles. The third-order valence-corrected chi connectivity index (χ3v) is 4.42. The van der Waals surface area contributed by atoms with E-state index in [1.54, 1.807) is 18.9 Å². The van der Waals surface area contributed by atoms with Gasteiger partial charge in [-0.1, -0.05) is 24.6 Å². The molecule has 0 heterocycles. The lowest BCUT2D eigenvalue weighted by molar-refractivity contribution is 0.196. The summed E-state index contributed by atoms with van der Waals surface area (Å²) in [5.41, 5.74) is 2.55.